The Morgan fingerprint density at radius 2 is 1.74 bits per heavy atom. The van der Waals surface area contributed by atoms with Crippen molar-refractivity contribution in [2.24, 2.45) is 0 Å². The summed E-state index contributed by atoms with van der Waals surface area (Å²) < 4.78 is 18.1. The third-order valence-corrected chi connectivity index (χ3v) is 5.11. The molecule has 7 nitrogen and oxygen atoms in total. The molecule has 0 bridgehead atoms. The van der Waals surface area contributed by atoms with E-state index in [1.165, 1.54) is 24.3 Å². The van der Waals surface area contributed by atoms with Crippen LogP contribution in [0.15, 0.2) is 71.4 Å². The Morgan fingerprint density at radius 1 is 1.00 bits per heavy atom. The molecule has 3 aromatic carbocycles. The van der Waals surface area contributed by atoms with E-state index in [4.69, 9.17) is 4.63 Å². The van der Waals surface area contributed by atoms with E-state index in [-0.39, 0.29) is 23.8 Å². The summed E-state index contributed by atoms with van der Waals surface area (Å²) >= 11 is 0. The summed E-state index contributed by atoms with van der Waals surface area (Å²) in [5.74, 6) is -1.70. The third kappa shape index (κ3) is 4.28. The van der Waals surface area contributed by atoms with E-state index in [2.05, 4.69) is 10.3 Å². The number of benzene rings is 3. The van der Waals surface area contributed by atoms with Gasteiger partial charge in [-0.25, -0.2) is 13.8 Å². The van der Waals surface area contributed by atoms with Crippen LogP contribution in [0.25, 0.3) is 11.0 Å². The summed E-state index contributed by atoms with van der Waals surface area (Å²) in [5.41, 5.74) is 2.90. The Morgan fingerprint density at radius 3 is 2.48 bits per heavy atom. The van der Waals surface area contributed by atoms with Crippen LogP contribution in [-0.4, -0.2) is 32.2 Å². The van der Waals surface area contributed by atoms with Crippen molar-refractivity contribution in [2.45, 2.75) is 19.5 Å². The van der Waals surface area contributed by atoms with Gasteiger partial charge in [0.15, 0.2) is 0 Å². The molecule has 0 spiro atoms. The average molecular weight is 419 g/mol. The second-order valence-corrected chi connectivity index (χ2v) is 7.13. The van der Waals surface area contributed by atoms with Gasteiger partial charge in [0.25, 0.3) is 5.91 Å². The molecule has 0 saturated carbocycles. The lowest BCUT2D eigenvalue weighted by atomic mass is 10.0. The SMILES string of the molecule is CC(c1ccc(F)cc1)N(Cc1cccc(C(=O)O)c1)C(=O)c1ccc2nonc2c1. The molecule has 4 rings (SSSR count). The van der Waals surface area contributed by atoms with Gasteiger partial charge in [0, 0.05) is 12.1 Å². The zero-order chi connectivity index (χ0) is 22.0. The predicted molar refractivity (Wildman–Crippen MR) is 110 cm³/mol. The van der Waals surface area contributed by atoms with Gasteiger partial charge in [0.1, 0.15) is 16.9 Å². The van der Waals surface area contributed by atoms with Gasteiger partial charge in [-0.05, 0) is 70.8 Å². The number of aromatic carboxylic acids is 1. The van der Waals surface area contributed by atoms with Crippen LogP contribution in [0.4, 0.5) is 4.39 Å². The third-order valence-electron chi connectivity index (χ3n) is 5.11. The molecule has 31 heavy (non-hydrogen) atoms. The topological polar surface area (TPSA) is 96.5 Å². The molecular weight excluding hydrogens is 401 g/mol. The number of halogens is 1. The quantitative estimate of drug-likeness (QED) is 0.496. The van der Waals surface area contributed by atoms with Crippen LogP contribution in [0.1, 0.15) is 44.8 Å². The highest BCUT2D eigenvalue weighted by Crippen LogP contribution is 2.26. The summed E-state index contributed by atoms with van der Waals surface area (Å²) in [6.07, 6.45) is 0. The van der Waals surface area contributed by atoms with Crippen LogP contribution >= 0.6 is 0 Å². The van der Waals surface area contributed by atoms with E-state index in [1.54, 1.807) is 47.4 Å². The van der Waals surface area contributed by atoms with Crippen LogP contribution in [0.2, 0.25) is 0 Å². The monoisotopic (exact) mass is 419 g/mol. The number of hydrogen-bond donors (Lipinski definition) is 1. The standard InChI is InChI=1S/C23H18FN3O4/c1-14(16-5-8-19(24)9-6-16)27(13-15-3-2-4-18(11-15)23(29)30)22(28)17-7-10-20-21(12-17)26-31-25-20/h2-12,14H,13H2,1H3,(H,29,30). The van der Waals surface area contributed by atoms with Crippen molar-refractivity contribution in [1.82, 2.24) is 15.2 Å². The average Bonchev–Trinajstić information content (AvgIpc) is 3.25. The highest BCUT2D eigenvalue weighted by Gasteiger charge is 2.24. The molecule has 1 atom stereocenters. The second kappa shape index (κ2) is 8.35. The fourth-order valence-electron chi connectivity index (χ4n) is 3.39. The lowest BCUT2D eigenvalue weighted by molar-refractivity contribution is 0.0674. The number of aromatic nitrogens is 2. The van der Waals surface area contributed by atoms with Crippen molar-refractivity contribution >= 4 is 22.9 Å². The predicted octanol–water partition coefficient (Wildman–Crippen LogP) is 4.46. The summed E-state index contributed by atoms with van der Waals surface area (Å²) in [4.78, 5) is 26.4. The van der Waals surface area contributed by atoms with E-state index in [0.717, 1.165) is 5.56 Å². The van der Waals surface area contributed by atoms with Crippen molar-refractivity contribution in [3.8, 4) is 0 Å². The summed E-state index contributed by atoms with van der Waals surface area (Å²) in [5, 5.41) is 16.8. The van der Waals surface area contributed by atoms with Gasteiger partial charge >= 0.3 is 5.97 Å². The second-order valence-electron chi connectivity index (χ2n) is 7.13. The Balaban J connectivity index is 1.72. The number of carboxylic acids is 1. The van der Waals surface area contributed by atoms with Gasteiger partial charge in [0.05, 0.1) is 11.6 Å². The first-order chi connectivity index (χ1) is 14.9. The first kappa shape index (κ1) is 20.2. The largest absolute Gasteiger partial charge is 0.478 e. The molecule has 0 radical (unpaired) electrons. The molecular formula is C23H18FN3O4. The van der Waals surface area contributed by atoms with Gasteiger partial charge in [-0.1, -0.05) is 24.3 Å². The van der Waals surface area contributed by atoms with Crippen molar-refractivity contribution in [3.05, 3.63) is 94.8 Å². The molecule has 1 N–H and O–H groups in total. The smallest absolute Gasteiger partial charge is 0.335 e. The Bertz CT molecular complexity index is 1250. The number of amides is 1. The van der Waals surface area contributed by atoms with Crippen LogP contribution in [0.5, 0.6) is 0 Å². The van der Waals surface area contributed by atoms with Gasteiger partial charge in [-0.2, -0.15) is 0 Å². The fraction of sp³-hybridized carbons (Fsp3) is 0.130. The highest BCUT2D eigenvalue weighted by atomic mass is 19.1. The van der Waals surface area contributed by atoms with Gasteiger partial charge in [0.2, 0.25) is 0 Å². The van der Waals surface area contributed by atoms with Crippen molar-refractivity contribution in [1.29, 1.82) is 0 Å². The van der Waals surface area contributed by atoms with Crippen LogP contribution in [0, 0.1) is 5.82 Å². The number of fused-ring (bicyclic) bond motifs is 1. The lowest BCUT2D eigenvalue weighted by Crippen LogP contribution is -2.33. The normalized spacial score (nSPS) is 11.9. The first-order valence-corrected chi connectivity index (χ1v) is 9.53. The van der Waals surface area contributed by atoms with Gasteiger partial charge < -0.3 is 10.0 Å². The summed E-state index contributed by atoms with van der Waals surface area (Å²) in [6.45, 7) is 2.00. The van der Waals surface area contributed by atoms with E-state index in [1.807, 2.05) is 6.92 Å². The minimum Gasteiger partial charge on any atom is -0.478 e. The molecule has 1 amide bonds. The minimum absolute atomic E-state index is 0.134. The molecule has 156 valence electrons. The lowest BCUT2D eigenvalue weighted by Gasteiger charge is -2.30. The Kier molecular flexibility index (Phi) is 5.44. The maximum atomic E-state index is 13.5. The van der Waals surface area contributed by atoms with Crippen molar-refractivity contribution in [2.75, 3.05) is 0 Å². The van der Waals surface area contributed by atoms with E-state index in [9.17, 15) is 19.1 Å². The zero-order valence-corrected chi connectivity index (χ0v) is 16.5. The summed E-state index contributed by atoms with van der Waals surface area (Å²) in [6, 6.07) is 16.8. The molecule has 0 aliphatic rings. The Labute approximate surface area is 176 Å². The molecule has 0 saturated heterocycles. The maximum Gasteiger partial charge on any atom is 0.335 e. The molecule has 0 aliphatic carbocycles. The van der Waals surface area contributed by atoms with Crippen molar-refractivity contribution in [3.63, 3.8) is 0 Å². The molecule has 8 heteroatoms. The van der Waals surface area contributed by atoms with Crippen LogP contribution in [-0.2, 0) is 6.54 Å². The van der Waals surface area contributed by atoms with Crippen LogP contribution in [0.3, 0.4) is 0 Å². The molecule has 0 aliphatic heterocycles. The van der Waals surface area contributed by atoms with Gasteiger partial charge in [-0.3, -0.25) is 4.79 Å². The molecule has 0 fully saturated rings. The number of nitrogens with zero attached hydrogens (tertiary/aromatic N) is 3. The van der Waals surface area contributed by atoms with E-state index >= 15 is 0 Å². The molecule has 1 unspecified atom stereocenters. The number of rotatable bonds is 6. The highest BCUT2D eigenvalue weighted by molar-refractivity contribution is 5.97. The van der Waals surface area contributed by atoms with E-state index < -0.39 is 12.0 Å². The number of hydrogen-bond acceptors (Lipinski definition) is 5. The molecule has 4 aromatic rings. The Hall–Kier alpha value is -4.07. The van der Waals surface area contributed by atoms with Crippen molar-refractivity contribution < 1.29 is 23.7 Å². The zero-order valence-electron chi connectivity index (χ0n) is 16.5. The summed E-state index contributed by atoms with van der Waals surface area (Å²) in [7, 11) is 0. The maximum absolute atomic E-state index is 13.5. The number of carbonyl (C=O) groups excluding carboxylic acids is 1. The molecule has 1 aromatic heterocycles. The van der Waals surface area contributed by atoms with E-state index in [0.29, 0.717) is 22.2 Å². The van der Waals surface area contributed by atoms with Crippen LogP contribution < -0.4 is 0 Å². The minimum atomic E-state index is -1.05. The molecule has 1 heterocycles. The first-order valence-electron chi connectivity index (χ1n) is 9.53. The fourth-order valence-corrected chi connectivity index (χ4v) is 3.39. The number of carboxylic acid groups (broad SMARTS) is 1. The van der Waals surface area contributed by atoms with Gasteiger partial charge in [-0.15, -0.1) is 0 Å². The number of carbonyl (C=O) groups is 2.